The van der Waals surface area contributed by atoms with Crippen molar-refractivity contribution in [2.24, 2.45) is 0 Å². The van der Waals surface area contributed by atoms with Crippen LogP contribution in [0.25, 0.3) is 72.0 Å². The van der Waals surface area contributed by atoms with Crippen LogP contribution in [0.3, 0.4) is 0 Å². The maximum absolute atomic E-state index is 2.63. The lowest BCUT2D eigenvalue weighted by Crippen LogP contribution is -2.61. The highest BCUT2D eigenvalue weighted by molar-refractivity contribution is 7.00. The van der Waals surface area contributed by atoms with Gasteiger partial charge in [0.05, 0.1) is 11.0 Å². The van der Waals surface area contributed by atoms with Crippen LogP contribution in [0.4, 0.5) is 34.1 Å². The summed E-state index contributed by atoms with van der Waals surface area (Å²) in [7, 11) is 0. The third-order valence-electron chi connectivity index (χ3n) is 23.6. The molecule has 4 aliphatic rings. The van der Waals surface area contributed by atoms with Crippen LogP contribution in [0.5, 0.6) is 0 Å². The van der Waals surface area contributed by atoms with Crippen LogP contribution in [-0.2, 0) is 37.9 Å². The van der Waals surface area contributed by atoms with Gasteiger partial charge in [0, 0.05) is 50.6 Å². The van der Waals surface area contributed by atoms with E-state index in [4.69, 9.17) is 0 Å². The molecule has 3 nitrogen and oxygen atoms in total. The van der Waals surface area contributed by atoms with Gasteiger partial charge in [-0.3, -0.25) is 0 Å². The molecule has 1 aromatic heterocycles. The predicted molar refractivity (Wildman–Crippen MR) is 423 cm³/mol. The third-order valence-corrected chi connectivity index (χ3v) is 23.6. The first-order valence-corrected chi connectivity index (χ1v) is 36.3. The molecule has 12 aromatic rings. The minimum absolute atomic E-state index is 0.0212. The fraction of sp³-hybridized carbons (Fsp3) is 0.298. The van der Waals surface area contributed by atoms with E-state index in [1.165, 1.54) is 170 Å². The summed E-state index contributed by atoms with van der Waals surface area (Å²) >= 11 is 0. The van der Waals surface area contributed by atoms with Crippen LogP contribution >= 0.6 is 0 Å². The number of hydrogen-bond acceptors (Lipinski definition) is 2. The van der Waals surface area contributed by atoms with Crippen molar-refractivity contribution in [1.29, 1.82) is 0 Å². The van der Waals surface area contributed by atoms with Crippen LogP contribution in [0.1, 0.15) is 182 Å². The lowest BCUT2D eigenvalue weighted by atomic mass is 9.33. The lowest BCUT2D eigenvalue weighted by Gasteiger charge is -2.44. The summed E-state index contributed by atoms with van der Waals surface area (Å²) in [6.07, 6.45) is 4.75. The molecule has 11 aromatic carbocycles. The number of anilines is 6. The second-order valence-electron chi connectivity index (χ2n) is 35.2. The molecule has 4 heteroatoms. The number of hydrogen-bond donors (Lipinski definition) is 0. The fourth-order valence-corrected chi connectivity index (χ4v) is 17.2. The third kappa shape index (κ3) is 10.5. The van der Waals surface area contributed by atoms with Crippen molar-refractivity contribution in [3.63, 3.8) is 0 Å². The van der Waals surface area contributed by atoms with E-state index in [0.717, 1.165) is 17.1 Å². The van der Waals surface area contributed by atoms with Crippen LogP contribution in [0.15, 0.2) is 224 Å². The van der Waals surface area contributed by atoms with Gasteiger partial charge < -0.3 is 14.4 Å². The summed E-state index contributed by atoms with van der Waals surface area (Å²) in [4.78, 5) is 5.23. The summed E-state index contributed by atoms with van der Waals surface area (Å²) in [5, 5.41) is 2.57. The van der Waals surface area contributed by atoms with E-state index in [0.29, 0.717) is 0 Å². The minimum Gasteiger partial charge on any atom is -0.311 e. The van der Waals surface area contributed by atoms with E-state index in [1.54, 1.807) is 0 Å². The summed E-state index contributed by atoms with van der Waals surface area (Å²) in [5.41, 5.74) is 34.6. The highest BCUT2D eigenvalue weighted by Crippen LogP contribution is 2.52. The number of fused-ring (bicyclic) bond motifs is 9. The van der Waals surface area contributed by atoms with Gasteiger partial charge in [-0.15, -0.1) is 0 Å². The topological polar surface area (TPSA) is 11.4 Å². The Morgan fingerprint density at radius 2 is 0.673 bits per heavy atom. The second-order valence-corrected chi connectivity index (χ2v) is 35.2. The molecule has 0 spiro atoms. The summed E-state index contributed by atoms with van der Waals surface area (Å²) in [6, 6.07) is 88.5. The quantitative estimate of drug-likeness (QED) is 0.147. The molecular weight excluding hydrogens is 1180 g/mol. The van der Waals surface area contributed by atoms with Gasteiger partial charge in [-0.1, -0.05) is 263 Å². The SMILES string of the molecule is CC(C)(C)c1ccc(-c2ccc3c(c2)B2c4ccc(-n5c6ccc(C(C)(C)C)cc6c6cc(C(C)(C)C)ccc65)cc4N(c4ccc(-c5ccc6c(c5)C(C)(C)CCC6(C)C)cc4)c4cc(-c5ccccc5)cc(c42)N3c2ccc(-c3ccc4c(c3)C(C)(C)CCC4(C)C)cc2)cc1. The molecular formula is C94H96BN3. The number of rotatable bonds is 7. The van der Waals surface area contributed by atoms with Crippen LogP contribution < -0.4 is 26.2 Å². The Morgan fingerprint density at radius 1 is 0.286 bits per heavy atom. The zero-order valence-corrected chi connectivity index (χ0v) is 61.1. The lowest BCUT2D eigenvalue weighted by molar-refractivity contribution is 0.332. The van der Waals surface area contributed by atoms with E-state index >= 15 is 0 Å². The average Bonchev–Trinajstić information content (AvgIpc) is 0.726. The van der Waals surface area contributed by atoms with Crippen molar-refractivity contribution in [1.82, 2.24) is 4.57 Å². The molecule has 0 bridgehead atoms. The molecule has 0 unspecified atom stereocenters. The Hall–Kier alpha value is -9.12. The molecule has 3 heterocycles. The van der Waals surface area contributed by atoms with Crippen molar-refractivity contribution in [2.75, 3.05) is 9.80 Å². The van der Waals surface area contributed by atoms with Crippen LogP contribution in [-0.4, -0.2) is 11.3 Å². The van der Waals surface area contributed by atoms with E-state index in [2.05, 4.69) is 357 Å². The summed E-state index contributed by atoms with van der Waals surface area (Å²) < 4.78 is 2.55. The van der Waals surface area contributed by atoms with Gasteiger partial charge in [0.15, 0.2) is 0 Å². The van der Waals surface area contributed by atoms with E-state index in [1.807, 2.05) is 0 Å². The normalized spacial score (nSPS) is 16.5. The average molecular weight is 1280 g/mol. The smallest absolute Gasteiger partial charge is 0.252 e. The van der Waals surface area contributed by atoms with Crippen molar-refractivity contribution < 1.29 is 0 Å². The highest BCUT2D eigenvalue weighted by atomic mass is 15.2. The van der Waals surface area contributed by atoms with E-state index in [9.17, 15) is 0 Å². The molecule has 490 valence electrons. The molecule has 2 aliphatic carbocycles. The Morgan fingerprint density at radius 3 is 1.14 bits per heavy atom. The largest absolute Gasteiger partial charge is 0.311 e. The van der Waals surface area contributed by atoms with Crippen LogP contribution in [0.2, 0.25) is 0 Å². The molecule has 2 aliphatic heterocycles. The van der Waals surface area contributed by atoms with Gasteiger partial charge >= 0.3 is 0 Å². The maximum Gasteiger partial charge on any atom is 0.252 e. The van der Waals surface area contributed by atoms with Gasteiger partial charge in [-0.2, -0.15) is 0 Å². The van der Waals surface area contributed by atoms with Crippen molar-refractivity contribution in [3.05, 3.63) is 263 Å². The maximum atomic E-state index is 2.63. The molecule has 0 atom stereocenters. The monoisotopic (exact) mass is 1280 g/mol. The molecule has 98 heavy (non-hydrogen) atoms. The molecule has 0 fully saturated rings. The molecule has 16 rings (SSSR count). The minimum atomic E-state index is -0.128. The van der Waals surface area contributed by atoms with Crippen molar-refractivity contribution in [3.8, 4) is 50.2 Å². The summed E-state index contributed by atoms with van der Waals surface area (Å²) in [6.45, 7) is 40.3. The van der Waals surface area contributed by atoms with Crippen molar-refractivity contribution >= 4 is 79.0 Å². The van der Waals surface area contributed by atoms with Crippen LogP contribution in [0, 0.1) is 0 Å². The molecule has 0 saturated carbocycles. The fourth-order valence-electron chi connectivity index (χ4n) is 17.2. The molecule has 0 radical (unpaired) electrons. The molecule has 0 amide bonds. The van der Waals surface area contributed by atoms with Gasteiger partial charge in [0.2, 0.25) is 0 Å². The number of benzene rings is 11. The number of aromatic nitrogens is 1. The van der Waals surface area contributed by atoms with E-state index in [-0.39, 0.29) is 44.6 Å². The first kappa shape index (κ1) is 63.6. The first-order valence-electron chi connectivity index (χ1n) is 36.3. The predicted octanol–water partition coefficient (Wildman–Crippen LogP) is 24.1. The first-order chi connectivity index (χ1) is 46.4. The molecule has 0 N–H and O–H groups in total. The Labute approximate surface area is 584 Å². The van der Waals surface area contributed by atoms with Gasteiger partial charge in [-0.25, -0.2) is 0 Å². The highest BCUT2D eigenvalue weighted by Gasteiger charge is 2.45. The summed E-state index contributed by atoms with van der Waals surface area (Å²) in [5.74, 6) is 0. The Kier molecular flexibility index (Phi) is 14.4. The van der Waals surface area contributed by atoms with Crippen molar-refractivity contribution in [2.45, 2.75) is 181 Å². The zero-order valence-electron chi connectivity index (χ0n) is 61.1. The van der Waals surface area contributed by atoms with Gasteiger partial charge in [0.25, 0.3) is 6.71 Å². The standard InChI is InChI=1S/C94H96BN3/c1-88(2,3)67-32-23-60(24-33-67)65-31-44-83-80(53-65)95-79-43-40-72(98-81-45-34-68(89(4,5)6)56-73(81)74-57-69(90(7,8)9)35-46-82(74)98)58-84(79)97(71-38-27-62(28-39-71)64-30-42-76-78(52-64)94(16,17)50-48-92(76,12)13)86-55-66(59-21-19-18-20-22-59)54-85(87(86)95)96(83)70-36-25-61(26-37-70)63-29-41-75-77(51-63)93(14,15)49-47-91(75,10)11/h18-46,51-58H,47-50H2,1-17H3. The number of nitrogens with zero attached hydrogens (tertiary/aromatic N) is 3. The van der Waals surface area contributed by atoms with E-state index < -0.39 is 0 Å². The van der Waals surface area contributed by atoms with Gasteiger partial charge in [-0.05, 0) is 242 Å². The second kappa shape index (κ2) is 22.2. The molecule has 0 saturated heterocycles. The Bertz CT molecular complexity index is 5110. The van der Waals surface area contributed by atoms with Gasteiger partial charge in [0.1, 0.15) is 0 Å². The Balaban J connectivity index is 0.951. The zero-order chi connectivity index (χ0) is 68.5.